The lowest BCUT2D eigenvalue weighted by Gasteiger charge is -2.12. The number of carbonyl (C=O) groups excluding carboxylic acids is 1. The predicted octanol–water partition coefficient (Wildman–Crippen LogP) is 4.20. The second-order valence-electron chi connectivity index (χ2n) is 5.58. The second-order valence-corrected chi connectivity index (χ2v) is 5.58. The topological polar surface area (TPSA) is 56.8 Å². The van der Waals surface area contributed by atoms with Gasteiger partial charge in [0.2, 0.25) is 5.91 Å². The van der Waals surface area contributed by atoms with Crippen molar-refractivity contribution in [2.45, 2.75) is 26.7 Å². The minimum absolute atomic E-state index is 0.0643. The number of para-hydroxylation sites is 2. The standard InChI is InChI=1S/C20H25NO4/c1-4-24-18-8-5-6-9-19(18)25-13-7-10-20(22)21-16-14-15(2)11-12-17(16)23-3/h5-6,8-9,11-12,14H,4,7,10,13H2,1-3H3,(H,21,22). The van der Waals surface area contributed by atoms with Gasteiger partial charge in [-0.25, -0.2) is 0 Å². The molecule has 1 amide bonds. The Morgan fingerprint density at radius 1 is 1.04 bits per heavy atom. The van der Waals surface area contributed by atoms with E-state index in [-0.39, 0.29) is 5.91 Å². The second kappa shape index (κ2) is 9.57. The first-order valence-corrected chi connectivity index (χ1v) is 8.43. The molecule has 0 aromatic heterocycles. The van der Waals surface area contributed by atoms with Crippen molar-refractivity contribution >= 4 is 11.6 Å². The first-order chi connectivity index (χ1) is 12.1. The van der Waals surface area contributed by atoms with Gasteiger partial charge in [-0.2, -0.15) is 0 Å². The van der Waals surface area contributed by atoms with Crippen molar-refractivity contribution in [3.05, 3.63) is 48.0 Å². The molecule has 0 saturated heterocycles. The number of hydrogen-bond donors (Lipinski definition) is 1. The third-order valence-electron chi connectivity index (χ3n) is 3.58. The summed E-state index contributed by atoms with van der Waals surface area (Å²) >= 11 is 0. The summed E-state index contributed by atoms with van der Waals surface area (Å²) in [7, 11) is 1.59. The van der Waals surface area contributed by atoms with Crippen molar-refractivity contribution in [3.63, 3.8) is 0 Å². The van der Waals surface area contributed by atoms with E-state index in [0.29, 0.717) is 43.2 Å². The van der Waals surface area contributed by atoms with Gasteiger partial charge in [0.1, 0.15) is 5.75 Å². The fourth-order valence-corrected chi connectivity index (χ4v) is 2.39. The largest absolute Gasteiger partial charge is 0.495 e. The van der Waals surface area contributed by atoms with Gasteiger partial charge in [-0.1, -0.05) is 18.2 Å². The fourth-order valence-electron chi connectivity index (χ4n) is 2.39. The summed E-state index contributed by atoms with van der Waals surface area (Å²) in [6.07, 6.45) is 0.980. The molecule has 0 spiro atoms. The summed E-state index contributed by atoms with van der Waals surface area (Å²) in [4.78, 5) is 12.1. The number of nitrogens with one attached hydrogen (secondary N) is 1. The Labute approximate surface area is 148 Å². The molecule has 134 valence electrons. The number of ether oxygens (including phenoxy) is 3. The van der Waals surface area contributed by atoms with E-state index in [4.69, 9.17) is 14.2 Å². The lowest BCUT2D eigenvalue weighted by Crippen LogP contribution is -2.13. The van der Waals surface area contributed by atoms with Crippen LogP contribution in [-0.4, -0.2) is 26.2 Å². The zero-order valence-corrected chi connectivity index (χ0v) is 15.0. The molecule has 25 heavy (non-hydrogen) atoms. The van der Waals surface area contributed by atoms with E-state index >= 15 is 0 Å². The Kier molecular flexibility index (Phi) is 7.14. The third kappa shape index (κ3) is 5.71. The maximum absolute atomic E-state index is 12.1. The molecule has 5 nitrogen and oxygen atoms in total. The molecular formula is C20H25NO4. The van der Waals surface area contributed by atoms with E-state index in [1.807, 2.05) is 56.3 Å². The summed E-state index contributed by atoms with van der Waals surface area (Å²) in [6, 6.07) is 13.2. The quantitative estimate of drug-likeness (QED) is 0.693. The van der Waals surface area contributed by atoms with E-state index in [2.05, 4.69) is 5.32 Å². The van der Waals surface area contributed by atoms with E-state index < -0.39 is 0 Å². The lowest BCUT2D eigenvalue weighted by molar-refractivity contribution is -0.116. The summed E-state index contributed by atoms with van der Waals surface area (Å²) in [5.41, 5.74) is 1.75. The molecule has 2 aromatic carbocycles. The van der Waals surface area contributed by atoms with Crippen molar-refractivity contribution in [2.24, 2.45) is 0 Å². The van der Waals surface area contributed by atoms with Crippen LogP contribution < -0.4 is 19.5 Å². The van der Waals surface area contributed by atoms with Crippen LogP contribution in [0, 0.1) is 6.92 Å². The van der Waals surface area contributed by atoms with E-state index in [1.165, 1.54) is 0 Å². The van der Waals surface area contributed by atoms with Crippen LogP contribution in [-0.2, 0) is 4.79 Å². The Morgan fingerprint density at radius 2 is 1.76 bits per heavy atom. The molecule has 0 saturated carbocycles. The molecule has 0 aliphatic carbocycles. The van der Waals surface area contributed by atoms with Crippen molar-refractivity contribution in [1.29, 1.82) is 0 Å². The third-order valence-corrected chi connectivity index (χ3v) is 3.58. The molecule has 5 heteroatoms. The molecule has 0 fully saturated rings. The van der Waals surface area contributed by atoms with Crippen molar-refractivity contribution in [2.75, 3.05) is 25.6 Å². The van der Waals surface area contributed by atoms with E-state index in [9.17, 15) is 4.79 Å². The summed E-state index contributed by atoms with van der Waals surface area (Å²) < 4.78 is 16.5. The van der Waals surface area contributed by atoms with Crippen LogP contribution >= 0.6 is 0 Å². The van der Waals surface area contributed by atoms with Crippen molar-refractivity contribution < 1.29 is 19.0 Å². The Bertz CT molecular complexity index is 700. The first kappa shape index (κ1) is 18.6. The van der Waals surface area contributed by atoms with Crippen molar-refractivity contribution in [1.82, 2.24) is 0 Å². The van der Waals surface area contributed by atoms with Crippen LogP contribution in [0.15, 0.2) is 42.5 Å². The average Bonchev–Trinajstić information content (AvgIpc) is 2.60. The molecule has 2 aromatic rings. The zero-order valence-electron chi connectivity index (χ0n) is 15.0. The molecule has 0 radical (unpaired) electrons. The van der Waals surface area contributed by atoms with Gasteiger partial charge in [0.25, 0.3) is 0 Å². The SMILES string of the molecule is CCOc1ccccc1OCCCC(=O)Nc1cc(C)ccc1OC. The van der Waals surface area contributed by atoms with Crippen LogP contribution in [0.5, 0.6) is 17.2 Å². The van der Waals surface area contributed by atoms with E-state index in [1.54, 1.807) is 7.11 Å². The monoisotopic (exact) mass is 343 g/mol. The van der Waals surface area contributed by atoms with Gasteiger partial charge in [0.05, 0.1) is 26.0 Å². The summed E-state index contributed by atoms with van der Waals surface area (Å²) in [6.45, 7) is 4.93. The van der Waals surface area contributed by atoms with Gasteiger partial charge in [-0.3, -0.25) is 4.79 Å². The molecule has 1 N–H and O–H groups in total. The van der Waals surface area contributed by atoms with E-state index in [0.717, 1.165) is 11.3 Å². The number of benzene rings is 2. The number of amides is 1. The maximum atomic E-state index is 12.1. The average molecular weight is 343 g/mol. The van der Waals surface area contributed by atoms with Crippen molar-refractivity contribution in [3.8, 4) is 17.2 Å². The minimum atomic E-state index is -0.0643. The molecule has 0 aliphatic heterocycles. The molecule has 0 aliphatic rings. The number of aryl methyl sites for hydroxylation is 1. The minimum Gasteiger partial charge on any atom is -0.495 e. The molecular weight excluding hydrogens is 318 g/mol. The zero-order chi connectivity index (χ0) is 18.1. The van der Waals surface area contributed by atoms with Gasteiger partial charge in [-0.15, -0.1) is 0 Å². The highest BCUT2D eigenvalue weighted by atomic mass is 16.5. The van der Waals surface area contributed by atoms with Crippen LogP contribution in [0.2, 0.25) is 0 Å². The number of anilines is 1. The molecule has 0 bridgehead atoms. The van der Waals surface area contributed by atoms with Gasteiger partial charge >= 0.3 is 0 Å². The Hall–Kier alpha value is -2.69. The van der Waals surface area contributed by atoms with Gasteiger partial charge in [-0.05, 0) is 50.1 Å². The molecule has 0 unspecified atom stereocenters. The summed E-state index contributed by atoms with van der Waals surface area (Å²) in [5.74, 6) is 2.01. The smallest absolute Gasteiger partial charge is 0.224 e. The maximum Gasteiger partial charge on any atom is 0.224 e. The fraction of sp³-hybridized carbons (Fsp3) is 0.350. The van der Waals surface area contributed by atoms with Crippen LogP contribution in [0.3, 0.4) is 0 Å². The first-order valence-electron chi connectivity index (χ1n) is 8.43. The predicted molar refractivity (Wildman–Crippen MR) is 98.7 cm³/mol. The van der Waals surface area contributed by atoms with Gasteiger partial charge in [0, 0.05) is 6.42 Å². The molecule has 0 atom stereocenters. The number of rotatable bonds is 9. The number of carbonyl (C=O) groups is 1. The number of hydrogen-bond acceptors (Lipinski definition) is 4. The lowest BCUT2D eigenvalue weighted by atomic mass is 10.2. The molecule has 0 heterocycles. The van der Waals surface area contributed by atoms with Gasteiger partial charge < -0.3 is 19.5 Å². The normalized spacial score (nSPS) is 10.2. The highest BCUT2D eigenvalue weighted by molar-refractivity contribution is 5.92. The van der Waals surface area contributed by atoms with Gasteiger partial charge in [0.15, 0.2) is 11.5 Å². The Balaban J connectivity index is 1.81. The summed E-state index contributed by atoms with van der Waals surface area (Å²) in [5, 5.41) is 2.89. The highest BCUT2D eigenvalue weighted by Crippen LogP contribution is 2.27. The van der Waals surface area contributed by atoms with Crippen LogP contribution in [0.4, 0.5) is 5.69 Å². The molecule has 2 rings (SSSR count). The number of methoxy groups -OCH3 is 1. The van der Waals surface area contributed by atoms with Crippen LogP contribution in [0.25, 0.3) is 0 Å². The Morgan fingerprint density at radius 3 is 2.44 bits per heavy atom. The highest BCUT2D eigenvalue weighted by Gasteiger charge is 2.08. The van der Waals surface area contributed by atoms with Crippen LogP contribution in [0.1, 0.15) is 25.3 Å².